The van der Waals surface area contributed by atoms with Gasteiger partial charge in [-0.1, -0.05) is 18.5 Å². The fourth-order valence-electron chi connectivity index (χ4n) is 1.21. The molecule has 1 aliphatic carbocycles. The zero-order chi connectivity index (χ0) is 9.42. The van der Waals surface area contributed by atoms with Crippen LogP contribution in [-0.2, 0) is 4.79 Å². The number of hydrogen-bond acceptors (Lipinski definition) is 4. The molecular formula is C8H6ClN3O. The van der Waals surface area contributed by atoms with Gasteiger partial charge >= 0.3 is 0 Å². The summed E-state index contributed by atoms with van der Waals surface area (Å²) in [6.45, 7) is 1.93. The van der Waals surface area contributed by atoms with Gasteiger partial charge in [-0.15, -0.1) is 10.2 Å². The number of carbonyl (C=O) groups is 1. The quantitative estimate of drug-likeness (QED) is 0.592. The maximum absolute atomic E-state index is 11.5. The molecule has 0 aromatic carbocycles. The molecule has 0 radical (unpaired) electrons. The van der Waals surface area contributed by atoms with E-state index in [4.69, 9.17) is 11.6 Å². The van der Waals surface area contributed by atoms with E-state index in [1.165, 1.54) is 0 Å². The van der Waals surface area contributed by atoms with Crippen LogP contribution in [0.3, 0.4) is 0 Å². The Kier molecular flexibility index (Phi) is 1.84. The molecule has 0 aromatic rings. The minimum atomic E-state index is -0.277. The maximum atomic E-state index is 11.5. The van der Waals surface area contributed by atoms with Crippen LogP contribution in [0.5, 0.6) is 0 Å². The molecule has 0 saturated carbocycles. The Labute approximate surface area is 79.7 Å². The van der Waals surface area contributed by atoms with Gasteiger partial charge in [0.05, 0.1) is 5.03 Å². The highest BCUT2D eigenvalue weighted by atomic mass is 35.5. The third-order valence-electron chi connectivity index (χ3n) is 1.93. The van der Waals surface area contributed by atoms with Crippen LogP contribution >= 0.6 is 11.6 Å². The summed E-state index contributed by atoms with van der Waals surface area (Å²) in [6, 6.07) is 0. The molecule has 2 rings (SSSR count). The molecule has 0 saturated heterocycles. The minimum Gasteiger partial charge on any atom is -0.286 e. The van der Waals surface area contributed by atoms with E-state index in [1.54, 1.807) is 6.08 Å². The van der Waals surface area contributed by atoms with E-state index < -0.39 is 0 Å². The Morgan fingerprint density at radius 2 is 2.31 bits per heavy atom. The first kappa shape index (κ1) is 8.31. The second-order valence-electron chi connectivity index (χ2n) is 2.69. The monoisotopic (exact) mass is 195 g/mol. The number of ketones is 1. The van der Waals surface area contributed by atoms with Crippen molar-refractivity contribution in [2.75, 3.05) is 0 Å². The summed E-state index contributed by atoms with van der Waals surface area (Å²) < 4.78 is 0. The SMILES string of the molecule is CCC1=C(Cl)C(=O)C2=NN=NC2=C1. The van der Waals surface area contributed by atoms with E-state index in [1.807, 2.05) is 6.92 Å². The molecule has 66 valence electrons. The van der Waals surface area contributed by atoms with Crippen molar-refractivity contribution in [1.82, 2.24) is 0 Å². The number of nitrogens with zero attached hydrogens (tertiary/aromatic N) is 3. The second kappa shape index (κ2) is 2.88. The van der Waals surface area contributed by atoms with E-state index in [2.05, 4.69) is 15.4 Å². The van der Waals surface area contributed by atoms with E-state index >= 15 is 0 Å². The highest BCUT2D eigenvalue weighted by Crippen LogP contribution is 2.27. The molecule has 0 spiro atoms. The first-order valence-electron chi connectivity index (χ1n) is 3.88. The first-order valence-corrected chi connectivity index (χ1v) is 4.26. The van der Waals surface area contributed by atoms with E-state index in [-0.39, 0.29) is 16.5 Å². The fourth-order valence-corrected chi connectivity index (χ4v) is 1.49. The van der Waals surface area contributed by atoms with Crippen molar-refractivity contribution in [3.8, 4) is 0 Å². The van der Waals surface area contributed by atoms with Crippen molar-refractivity contribution in [3.05, 3.63) is 22.4 Å². The first-order chi connectivity index (χ1) is 6.24. The van der Waals surface area contributed by atoms with Gasteiger partial charge in [-0.25, -0.2) is 0 Å². The summed E-state index contributed by atoms with van der Waals surface area (Å²) in [4.78, 5) is 11.5. The second-order valence-corrected chi connectivity index (χ2v) is 3.07. The number of carbonyl (C=O) groups excluding carboxylic acids is 1. The molecular weight excluding hydrogens is 190 g/mol. The zero-order valence-corrected chi connectivity index (χ0v) is 7.67. The normalized spacial score (nSPS) is 20.3. The predicted octanol–water partition coefficient (Wildman–Crippen LogP) is 2.18. The van der Waals surface area contributed by atoms with Crippen LogP contribution in [0.2, 0.25) is 0 Å². The van der Waals surface area contributed by atoms with Crippen molar-refractivity contribution in [2.45, 2.75) is 13.3 Å². The molecule has 0 amide bonds. The number of Topliss-reactive ketones (excluding diaryl/α,β-unsaturated/α-hetero) is 1. The van der Waals surface area contributed by atoms with Gasteiger partial charge < -0.3 is 0 Å². The lowest BCUT2D eigenvalue weighted by Crippen LogP contribution is -2.18. The molecule has 2 aliphatic rings. The van der Waals surface area contributed by atoms with Crippen molar-refractivity contribution in [2.24, 2.45) is 15.4 Å². The largest absolute Gasteiger partial charge is 0.286 e. The van der Waals surface area contributed by atoms with Crippen LogP contribution in [-0.4, -0.2) is 11.5 Å². The molecule has 0 fully saturated rings. The molecule has 0 N–H and O–H groups in total. The van der Waals surface area contributed by atoms with Gasteiger partial charge in [0, 0.05) is 0 Å². The van der Waals surface area contributed by atoms with Gasteiger partial charge in [-0.3, -0.25) is 4.79 Å². The van der Waals surface area contributed by atoms with Gasteiger partial charge in [-0.05, 0) is 23.3 Å². The zero-order valence-electron chi connectivity index (χ0n) is 6.91. The van der Waals surface area contributed by atoms with Crippen LogP contribution in [0.1, 0.15) is 13.3 Å². The van der Waals surface area contributed by atoms with E-state index in [9.17, 15) is 4.79 Å². The Balaban J connectivity index is 2.54. The van der Waals surface area contributed by atoms with Gasteiger partial charge in [0.15, 0.2) is 5.71 Å². The number of hydrogen-bond donors (Lipinski definition) is 0. The summed E-state index contributed by atoms with van der Waals surface area (Å²) in [7, 11) is 0. The summed E-state index contributed by atoms with van der Waals surface area (Å²) in [5, 5.41) is 11.0. The number of halogens is 1. The lowest BCUT2D eigenvalue weighted by Gasteiger charge is -2.09. The van der Waals surface area contributed by atoms with E-state index in [0.29, 0.717) is 12.1 Å². The molecule has 0 aromatic heterocycles. The number of rotatable bonds is 1. The summed E-state index contributed by atoms with van der Waals surface area (Å²) in [5.41, 5.74) is 1.56. The third-order valence-corrected chi connectivity index (χ3v) is 2.34. The lowest BCUT2D eigenvalue weighted by molar-refractivity contribution is -0.109. The average molecular weight is 196 g/mol. The smallest absolute Gasteiger partial charge is 0.227 e. The fraction of sp³-hybridized carbons (Fsp3) is 0.250. The maximum Gasteiger partial charge on any atom is 0.227 e. The van der Waals surface area contributed by atoms with Crippen LogP contribution in [0.25, 0.3) is 0 Å². The van der Waals surface area contributed by atoms with Crippen molar-refractivity contribution < 1.29 is 4.79 Å². The molecule has 0 atom stereocenters. The van der Waals surface area contributed by atoms with Crippen molar-refractivity contribution >= 4 is 23.1 Å². The van der Waals surface area contributed by atoms with Crippen LogP contribution in [0.4, 0.5) is 0 Å². The predicted molar refractivity (Wildman–Crippen MR) is 48.6 cm³/mol. The van der Waals surface area contributed by atoms with Gasteiger partial charge in [-0.2, -0.15) is 0 Å². The molecule has 0 bridgehead atoms. The summed E-state index contributed by atoms with van der Waals surface area (Å²) in [6.07, 6.45) is 2.45. The lowest BCUT2D eigenvalue weighted by atomic mass is 10.00. The van der Waals surface area contributed by atoms with E-state index in [0.717, 1.165) is 5.57 Å². The molecule has 13 heavy (non-hydrogen) atoms. The Morgan fingerprint density at radius 3 is 3.00 bits per heavy atom. The van der Waals surface area contributed by atoms with Crippen LogP contribution in [0.15, 0.2) is 37.8 Å². The Bertz CT molecular complexity index is 404. The molecule has 1 aliphatic heterocycles. The Hall–Kier alpha value is -1.29. The topological polar surface area (TPSA) is 54.1 Å². The van der Waals surface area contributed by atoms with Gasteiger partial charge in [0.2, 0.25) is 5.78 Å². The number of fused-ring (bicyclic) bond motifs is 1. The highest BCUT2D eigenvalue weighted by Gasteiger charge is 2.28. The number of allylic oxidation sites excluding steroid dienone is 4. The summed E-state index contributed by atoms with van der Waals surface area (Å²) in [5.74, 6) is -0.277. The van der Waals surface area contributed by atoms with Gasteiger partial charge in [0.1, 0.15) is 5.70 Å². The highest BCUT2D eigenvalue weighted by molar-refractivity contribution is 6.63. The van der Waals surface area contributed by atoms with Crippen LogP contribution in [0, 0.1) is 0 Å². The summed E-state index contributed by atoms with van der Waals surface area (Å²) >= 11 is 5.82. The standard InChI is InChI=1S/C8H6ClN3O/c1-2-4-3-5-7(11-12-10-5)8(13)6(4)9/h3H,2H2,1H3. The molecule has 1 heterocycles. The molecule has 5 heteroatoms. The van der Waals surface area contributed by atoms with Crippen molar-refractivity contribution in [1.29, 1.82) is 0 Å². The molecule has 4 nitrogen and oxygen atoms in total. The van der Waals surface area contributed by atoms with Crippen molar-refractivity contribution in [3.63, 3.8) is 0 Å². The Morgan fingerprint density at radius 1 is 1.54 bits per heavy atom. The van der Waals surface area contributed by atoms with Crippen LogP contribution < -0.4 is 0 Å². The minimum absolute atomic E-state index is 0.234. The molecule has 0 unspecified atom stereocenters. The van der Waals surface area contributed by atoms with Gasteiger partial charge in [0.25, 0.3) is 0 Å². The third kappa shape index (κ3) is 1.14. The average Bonchev–Trinajstić information content (AvgIpc) is 2.59.